The van der Waals surface area contributed by atoms with Gasteiger partial charge in [0.05, 0.1) is 23.6 Å². The third-order valence-electron chi connectivity index (χ3n) is 5.89. The van der Waals surface area contributed by atoms with Gasteiger partial charge in [-0.1, -0.05) is 48.5 Å². The Labute approximate surface area is 214 Å². The van der Waals surface area contributed by atoms with Crippen LogP contribution in [0.3, 0.4) is 0 Å². The minimum absolute atomic E-state index is 0.352. The smallest absolute Gasteiger partial charge is 0.136 e. The first-order valence-corrected chi connectivity index (χ1v) is 12.6. The first-order valence-electron chi connectivity index (χ1n) is 11.3. The molecule has 0 spiro atoms. The summed E-state index contributed by atoms with van der Waals surface area (Å²) in [5.74, 6) is 0.850. The second kappa shape index (κ2) is 9.98. The largest absolute Gasteiger partial charge is 0.297 e. The van der Waals surface area contributed by atoms with Gasteiger partial charge in [-0.25, -0.2) is 9.98 Å². The Kier molecular flexibility index (Phi) is 6.61. The molecule has 0 saturated heterocycles. The Hall–Kier alpha value is -3.55. The number of thiophene rings is 1. The van der Waals surface area contributed by atoms with Gasteiger partial charge in [-0.05, 0) is 54.1 Å². The number of aliphatic imine (C=N–C) groups is 3. The fraction of sp³-hybridized carbons (Fsp3) is 0.185. The molecule has 2 aliphatic heterocycles. The topological polar surface area (TPSA) is 55.9 Å². The van der Waals surface area contributed by atoms with Crippen molar-refractivity contribution >= 4 is 63.4 Å². The minimum Gasteiger partial charge on any atom is -0.297 e. The SMILES string of the molecule is C=C1c2c(C)csc2N=C(CN2C/N=C\N=C/C/C(c3cccc(Cl)c3)=N\2)N1c1ccccc1C. The van der Waals surface area contributed by atoms with E-state index in [1.807, 2.05) is 47.6 Å². The van der Waals surface area contributed by atoms with E-state index >= 15 is 0 Å². The summed E-state index contributed by atoms with van der Waals surface area (Å²) < 4.78 is 0. The minimum atomic E-state index is 0.352. The molecular weight excluding hydrogens is 476 g/mol. The van der Waals surface area contributed by atoms with Crippen LogP contribution in [0, 0.1) is 13.8 Å². The highest BCUT2D eigenvalue weighted by Crippen LogP contribution is 2.43. The van der Waals surface area contributed by atoms with E-state index < -0.39 is 0 Å². The number of para-hydroxylation sites is 1. The van der Waals surface area contributed by atoms with Crippen LogP contribution in [0.2, 0.25) is 5.02 Å². The van der Waals surface area contributed by atoms with Crippen molar-refractivity contribution in [1.29, 1.82) is 0 Å². The van der Waals surface area contributed by atoms with Crippen molar-refractivity contribution in [3.63, 3.8) is 0 Å². The molecule has 3 heterocycles. The first kappa shape index (κ1) is 23.2. The van der Waals surface area contributed by atoms with E-state index in [1.165, 1.54) is 5.56 Å². The number of hydrazone groups is 1. The summed E-state index contributed by atoms with van der Waals surface area (Å²) in [5, 5.41) is 10.7. The van der Waals surface area contributed by atoms with E-state index in [0.717, 1.165) is 44.6 Å². The van der Waals surface area contributed by atoms with Crippen LogP contribution in [0.15, 0.2) is 80.6 Å². The van der Waals surface area contributed by atoms with E-state index in [1.54, 1.807) is 17.7 Å². The second-order valence-electron chi connectivity index (χ2n) is 8.39. The number of anilines is 1. The lowest BCUT2D eigenvalue weighted by molar-refractivity contribution is 0.340. The van der Waals surface area contributed by atoms with Gasteiger partial charge in [0.1, 0.15) is 23.8 Å². The Bertz CT molecular complexity index is 1400. The lowest BCUT2D eigenvalue weighted by Crippen LogP contribution is -2.40. The molecule has 3 aromatic rings. The van der Waals surface area contributed by atoms with Gasteiger partial charge >= 0.3 is 0 Å². The Balaban J connectivity index is 1.57. The number of aryl methyl sites for hydroxylation is 2. The van der Waals surface area contributed by atoms with E-state index in [0.29, 0.717) is 24.7 Å². The molecule has 0 saturated carbocycles. The van der Waals surface area contributed by atoms with E-state index in [4.69, 9.17) is 21.7 Å². The molecule has 8 heteroatoms. The van der Waals surface area contributed by atoms with Crippen molar-refractivity contribution in [3.8, 4) is 0 Å². The van der Waals surface area contributed by atoms with Crippen molar-refractivity contribution in [2.45, 2.75) is 20.3 Å². The molecule has 176 valence electrons. The van der Waals surface area contributed by atoms with Crippen LogP contribution < -0.4 is 4.90 Å². The highest BCUT2D eigenvalue weighted by molar-refractivity contribution is 7.14. The molecule has 0 fully saturated rings. The zero-order valence-electron chi connectivity index (χ0n) is 19.6. The first-order chi connectivity index (χ1) is 17.0. The van der Waals surface area contributed by atoms with Crippen molar-refractivity contribution in [3.05, 3.63) is 87.8 Å². The van der Waals surface area contributed by atoms with Crippen molar-refractivity contribution in [2.75, 3.05) is 18.1 Å². The molecule has 0 unspecified atom stereocenters. The predicted octanol–water partition coefficient (Wildman–Crippen LogP) is 6.71. The zero-order valence-corrected chi connectivity index (χ0v) is 21.2. The van der Waals surface area contributed by atoms with Crippen LogP contribution in [-0.2, 0) is 0 Å². The molecule has 6 nitrogen and oxygen atoms in total. The number of nitrogens with zero attached hydrogens (tertiary/aromatic N) is 6. The fourth-order valence-corrected chi connectivity index (χ4v) is 5.35. The van der Waals surface area contributed by atoms with Crippen LogP contribution in [0.4, 0.5) is 10.7 Å². The molecule has 2 aliphatic rings. The van der Waals surface area contributed by atoms with Crippen LogP contribution in [0.25, 0.3) is 5.70 Å². The van der Waals surface area contributed by atoms with Gasteiger partial charge < -0.3 is 0 Å². The molecule has 2 aromatic carbocycles. The Morgan fingerprint density at radius 1 is 1.09 bits per heavy atom. The summed E-state index contributed by atoms with van der Waals surface area (Å²) in [6, 6.07) is 16.0. The van der Waals surface area contributed by atoms with Gasteiger partial charge in [0, 0.05) is 23.2 Å². The number of hydrogen-bond donors (Lipinski definition) is 0. The number of amidine groups is 1. The van der Waals surface area contributed by atoms with Gasteiger partial charge in [-0.3, -0.25) is 14.9 Å². The van der Waals surface area contributed by atoms with Crippen molar-refractivity contribution in [1.82, 2.24) is 5.01 Å². The highest BCUT2D eigenvalue weighted by atomic mass is 35.5. The predicted molar refractivity (Wildman–Crippen MR) is 150 cm³/mol. The molecular formula is C27H25ClN6S. The van der Waals surface area contributed by atoms with Crippen LogP contribution in [-0.4, -0.2) is 42.3 Å². The van der Waals surface area contributed by atoms with Crippen LogP contribution in [0.1, 0.15) is 28.7 Å². The molecule has 0 amide bonds. The van der Waals surface area contributed by atoms with Crippen molar-refractivity contribution < 1.29 is 0 Å². The fourth-order valence-electron chi connectivity index (χ4n) is 4.20. The lowest BCUT2D eigenvalue weighted by Gasteiger charge is -2.34. The molecule has 0 aliphatic carbocycles. The van der Waals surface area contributed by atoms with E-state index in [-0.39, 0.29) is 0 Å². The van der Waals surface area contributed by atoms with Gasteiger partial charge in [0.2, 0.25) is 0 Å². The molecule has 0 atom stereocenters. The second-order valence-corrected chi connectivity index (χ2v) is 9.69. The van der Waals surface area contributed by atoms with Gasteiger partial charge in [0.25, 0.3) is 0 Å². The summed E-state index contributed by atoms with van der Waals surface area (Å²) in [6.07, 6.45) is 3.95. The lowest BCUT2D eigenvalue weighted by atomic mass is 10.1. The molecule has 0 radical (unpaired) electrons. The van der Waals surface area contributed by atoms with E-state index in [9.17, 15) is 0 Å². The molecule has 1 aromatic heterocycles. The maximum atomic E-state index is 6.27. The Morgan fingerprint density at radius 2 is 1.94 bits per heavy atom. The maximum Gasteiger partial charge on any atom is 0.136 e. The zero-order chi connectivity index (χ0) is 24.4. The third kappa shape index (κ3) is 4.83. The average molecular weight is 501 g/mol. The van der Waals surface area contributed by atoms with Gasteiger partial charge in [-0.15, -0.1) is 11.3 Å². The third-order valence-corrected chi connectivity index (χ3v) is 7.11. The number of halogens is 1. The van der Waals surface area contributed by atoms with Crippen LogP contribution >= 0.6 is 22.9 Å². The monoisotopic (exact) mass is 500 g/mol. The molecule has 0 bridgehead atoms. The highest BCUT2D eigenvalue weighted by Gasteiger charge is 2.29. The summed E-state index contributed by atoms with van der Waals surface area (Å²) in [6.45, 7) is 9.50. The number of benzene rings is 2. The quantitative estimate of drug-likeness (QED) is 0.400. The Morgan fingerprint density at radius 3 is 2.77 bits per heavy atom. The van der Waals surface area contributed by atoms with Gasteiger partial charge in [-0.2, -0.15) is 5.10 Å². The number of rotatable bonds is 4. The number of fused-ring (bicyclic) bond motifs is 1. The molecule has 5 rings (SSSR count). The van der Waals surface area contributed by atoms with E-state index in [2.05, 4.69) is 52.8 Å². The summed E-state index contributed by atoms with van der Waals surface area (Å²) in [5.41, 5.74) is 7.24. The number of hydrogen-bond acceptors (Lipinski definition) is 7. The summed E-state index contributed by atoms with van der Waals surface area (Å²) >= 11 is 7.91. The normalized spacial score (nSPS) is 19.1. The average Bonchev–Trinajstić information content (AvgIpc) is 3.26. The summed E-state index contributed by atoms with van der Waals surface area (Å²) in [7, 11) is 0. The summed E-state index contributed by atoms with van der Waals surface area (Å²) in [4.78, 5) is 16.0. The van der Waals surface area contributed by atoms with Gasteiger partial charge in [0.15, 0.2) is 0 Å². The van der Waals surface area contributed by atoms with Crippen molar-refractivity contribution in [2.24, 2.45) is 20.1 Å². The maximum absolute atomic E-state index is 6.27. The molecule has 0 N–H and O–H groups in total. The molecule has 35 heavy (non-hydrogen) atoms. The van der Waals surface area contributed by atoms with Crippen LogP contribution in [0.5, 0.6) is 0 Å². The standard InChI is InChI=1S/C27H25ClN6S/c1-18-7-4-5-10-24(18)34-20(3)26-19(2)15-35-27(26)31-25(34)14-33-17-30-16-29-12-11-23(32-33)21-8-6-9-22(28)13-21/h4-10,12-13,15-16H,3,11,14,17H2,1-2H3/b29-12-,30-16-,32-23+.